The molecule has 0 bridgehead atoms. The van der Waals surface area contributed by atoms with Crippen molar-refractivity contribution >= 4 is 23.5 Å². The van der Waals surface area contributed by atoms with Gasteiger partial charge in [-0.2, -0.15) is 0 Å². The van der Waals surface area contributed by atoms with Crippen molar-refractivity contribution in [3.8, 4) is 5.75 Å². The van der Waals surface area contributed by atoms with Crippen LogP contribution in [0.15, 0.2) is 48.5 Å². The Hall–Kier alpha value is -3.15. The third-order valence-corrected chi connectivity index (χ3v) is 4.60. The molecule has 1 amide bonds. The highest BCUT2D eigenvalue weighted by Gasteiger charge is 2.32. The van der Waals surface area contributed by atoms with E-state index in [1.165, 1.54) is 0 Å². The first-order chi connectivity index (χ1) is 12.6. The molecular formula is C20H17NO5. The van der Waals surface area contributed by atoms with Crippen molar-refractivity contribution in [2.45, 2.75) is 25.4 Å². The van der Waals surface area contributed by atoms with Crippen molar-refractivity contribution in [1.29, 1.82) is 0 Å². The fraction of sp³-hybridized carbons (Fsp3) is 0.250. The van der Waals surface area contributed by atoms with Gasteiger partial charge in [0.1, 0.15) is 5.75 Å². The quantitative estimate of drug-likeness (QED) is 0.627. The average molecular weight is 351 g/mol. The molecule has 2 aliphatic heterocycles. The fourth-order valence-corrected chi connectivity index (χ4v) is 3.26. The summed E-state index contributed by atoms with van der Waals surface area (Å²) in [6.07, 6.45) is 0.744. The average Bonchev–Trinajstić information content (AvgIpc) is 3.08. The van der Waals surface area contributed by atoms with Gasteiger partial charge >= 0.3 is 11.9 Å². The van der Waals surface area contributed by atoms with Gasteiger partial charge in [0.15, 0.2) is 0 Å². The summed E-state index contributed by atoms with van der Waals surface area (Å²) in [4.78, 5) is 37.8. The third kappa shape index (κ3) is 3.06. The van der Waals surface area contributed by atoms with Crippen LogP contribution in [0.5, 0.6) is 5.75 Å². The van der Waals surface area contributed by atoms with E-state index in [4.69, 9.17) is 9.47 Å². The van der Waals surface area contributed by atoms with Crippen molar-refractivity contribution in [2.75, 3.05) is 11.4 Å². The molecule has 1 saturated heterocycles. The minimum absolute atomic E-state index is 0.0996. The van der Waals surface area contributed by atoms with E-state index >= 15 is 0 Å². The molecule has 6 heteroatoms. The molecule has 2 aromatic carbocycles. The van der Waals surface area contributed by atoms with E-state index in [1.54, 1.807) is 47.4 Å². The lowest BCUT2D eigenvalue weighted by Crippen LogP contribution is -2.37. The summed E-state index contributed by atoms with van der Waals surface area (Å²) in [5.74, 6) is -0.683. The summed E-state index contributed by atoms with van der Waals surface area (Å²) in [7, 11) is 0. The molecule has 2 aliphatic rings. The van der Waals surface area contributed by atoms with Crippen LogP contribution >= 0.6 is 0 Å². The van der Waals surface area contributed by atoms with E-state index in [0.29, 0.717) is 30.7 Å². The number of fused-ring (bicyclic) bond motifs is 1. The molecule has 132 valence electrons. The zero-order chi connectivity index (χ0) is 18.1. The Kier molecular flexibility index (Phi) is 4.16. The maximum atomic E-state index is 12.4. The summed E-state index contributed by atoms with van der Waals surface area (Å²) < 4.78 is 10.5. The van der Waals surface area contributed by atoms with E-state index in [2.05, 4.69) is 0 Å². The molecule has 0 aromatic heterocycles. The fourth-order valence-electron chi connectivity index (χ4n) is 3.26. The first-order valence-electron chi connectivity index (χ1n) is 8.53. The number of rotatable bonds is 3. The Morgan fingerprint density at radius 1 is 1.08 bits per heavy atom. The highest BCUT2D eigenvalue weighted by atomic mass is 16.6. The first-order valence-corrected chi connectivity index (χ1v) is 8.53. The molecule has 0 aliphatic carbocycles. The predicted octanol–water partition coefficient (Wildman–Crippen LogP) is 2.50. The Morgan fingerprint density at radius 2 is 1.85 bits per heavy atom. The summed E-state index contributed by atoms with van der Waals surface area (Å²) in [5, 5.41) is 0. The number of benzene rings is 2. The Morgan fingerprint density at radius 3 is 2.58 bits per heavy atom. The van der Waals surface area contributed by atoms with Gasteiger partial charge in [-0.05, 0) is 42.3 Å². The number of hydrogen-bond donors (Lipinski definition) is 0. The van der Waals surface area contributed by atoms with Crippen LogP contribution in [0.1, 0.15) is 28.8 Å². The van der Waals surface area contributed by atoms with E-state index in [0.717, 1.165) is 17.7 Å². The largest absolute Gasteiger partial charge is 0.446 e. The van der Waals surface area contributed by atoms with Crippen LogP contribution < -0.4 is 9.64 Å². The van der Waals surface area contributed by atoms with Crippen LogP contribution in [-0.2, 0) is 20.7 Å². The molecule has 0 saturated carbocycles. The van der Waals surface area contributed by atoms with Crippen LogP contribution in [0.25, 0.3) is 0 Å². The summed E-state index contributed by atoms with van der Waals surface area (Å²) in [6.45, 7) is 0.704. The van der Waals surface area contributed by atoms with Gasteiger partial charge in [-0.3, -0.25) is 4.79 Å². The molecule has 1 fully saturated rings. The van der Waals surface area contributed by atoms with Crippen molar-refractivity contribution < 1.29 is 23.9 Å². The lowest BCUT2D eigenvalue weighted by Gasteiger charge is -2.23. The van der Waals surface area contributed by atoms with Gasteiger partial charge in [0.25, 0.3) is 0 Å². The Balaban J connectivity index is 1.44. The Bertz CT molecular complexity index is 874. The number of nitrogens with zero attached hydrogens (tertiary/aromatic N) is 1. The smallest absolute Gasteiger partial charge is 0.353 e. The van der Waals surface area contributed by atoms with Crippen LogP contribution in [0.2, 0.25) is 0 Å². The number of amides is 1. The summed E-state index contributed by atoms with van der Waals surface area (Å²) >= 11 is 0. The van der Waals surface area contributed by atoms with Gasteiger partial charge in [0.05, 0.1) is 5.56 Å². The topological polar surface area (TPSA) is 72.9 Å². The molecule has 6 nitrogen and oxygen atoms in total. The molecule has 0 radical (unpaired) electrons. The van der Waals surface area contributed by atoms with Crippen LogP contribution in [0.4, 0.5) is 5.69 Å². The molecule has 1 atom stereocenters. The highest BCUT2D eigenvalue weighted by Crippen LogP contribution is 2.25. The van der Waals surface area contributed by atoms with Crippen LogP contribution in [0.3, 0.4) is 0 Å². The number of carbonyl (C=O) groups excluding carboxylic acids is 3. The van der Waals surface area contributed by atoms with Gasteiger partial charge in [0, 0.05) is 25.1 Å². The minimum Gasteiger partial charge on any atom is -0.446 e. The molecule has 2 aromatic rings. The van der Waals surface area contributed by atoms with Crippen molar-refractivity contribution in [3.05, 3.63) is 59.7 Å². The molecule has 0 spiro atoms. The van der Waals surface area contributed by atoms with Gasteiger partial charge < -0.3 is 14.4 Å². The standard InChI is InChI=1S/C20H17NO5/c22-18-6-3-11-21(18)14-7-9-15(10-8-14)25-20(24)17-12-13-4-1-2-5-16(13)19(23)26-17/h1-2,4-5,7-10,17H,3,6,11-12H2/t17-/m1/s1. The molecule has 26 heavy (non-hydrogen) atoms. The number of cyclic esters (lactones) is 1. The molecular weight excluding hydrogens is 334 g/mol. The zero-order valence-corrected chi connectivity index (χ0v) is 14.0. The third-order valence-electron chi connectivity index (χ3n) is 4.60. The van der Waals surface area contributed by atoms with Crippen molar-refractivity contribution in [2.24, 2.45) is 0 Å². The normalized spacial score (nSPS) is 19.1. The van der Waals surface area contributed by atoms with E-state index in [9.17, 15) is 14.4 Å². The Labute approximate surface area is 150 Å². The van der Waals surface area contributed by atoms with Gasteiger partial charge in [-0.25, -0.2) is 9.59 Å². The van der Waals surface area contributed by atoms with E-state index in [-0.39, 0.29) is 5.91 Å². The lowest BCUT2D eigenvalue weighted by atomic mass is 9.99. The number of hydrogen-bond acceptors (Lipinski definition) is 5. The van der Waals surface area contributed by atoms with Crippen molar-refractivity contribution in [1.82, 2.24) is 0 Å². The number of esters is 2. The second-order valence-electron chi connectivity index (χ2n) is 6.32. The van der Waals surface area contributed by atoms with Crippen LogP contribution in [0, 0.1) is 0 Å². The lowest BCUT2D eigenvalue weighted by molar-refractivity contribution is -0.144. The maximum Gasteiger partial charge on any atom is 0.353 e. The first kappa shape index (κ1) is 16.3. The van der Waals surface area contributed by atoms with Gasteiger partial charge in [0.2, 0.25) is 12.0 Å². The second kappa shape index (κ2) is 6.63. The summed E-state index contributed by atoms with van der Waals surface area (Å²) in [6, 6.07) is 13.8. The van der Waals surface area contributed by atoms with Crippen molar-refractivity contribution in [3.63, 3.8) is 0 Å². The second-order valence-corrected chi connectivity index (χ2v) is 6.32. The zero-order valence-electron chi connectivity index (χ0n) is 14.0. The number of anilines is 1. The highest BCUT2D eigenvalue weighted by molar-refractivity contribution is 5.96. The molecule has 0 N–H and O–H groups in total. The number of carbonyl (C=O) groups is 3. The van der Waals surface area contributed by atoms with Crippen LogP contribution in [-0.4, -0.2) is 30.5 Å². The van der Waals surface area contributed by atoms with E-state index < -0.39 is 18.0 Å². The monoisotopic (exact) mass is 351 g/mol. The molecule has 0 unspecified atom stereocenters. The predicted molar refractivity (Wildman–Crippen MR) is 93.0 cm³/mol. The van der Waals surface area contributed by atoms with Gasteiger partial charge in [-0.1, -0.05) is 18.2 Å². The summed E-state index contributed by atoms with van der Waals surface area (Å²) in [5.41, 5.74) is 2.04. The van der Waals surface area contributed by atoms with Gasteiger partial charge in [-0.15, -0.1) is 0 Å². The minimum atomic E-state index is -0.961. The SMILES string of the molecule is O=C1O[C@@H](C(=O)Oc2ccc(N3CCCC3=O)cc2)Cc2ccccc21. The maximum absolute atomic E-state index is 12.4. The van der Waals surface area contributed by atoms with E-state index in [1.807, 2.05) is 6.07 Å². The number of ether oxygens (including phenoxy) is 2. The molecule has 2 heterocycles. The molecule has 4 rings (SSSR count).